The summed E-state index contributed by atoms with van der Waals surface area (Å²) in [7, 11) is 3.53. The molecule has 23 heavy (non-hydrogen) atoms. The van der Waals surface area contributed by atoms with E-state index in [1.807, 2.05) is 25.2 Å². The first kappa shape index (κ1) is 17.3. The van der Waals surface area contributed by atoms with Crippen LogP contribution in [0.15, 0.2) is 22.7 Å². The van der Waals surface area contributed by atoms with Gasteiger partial charge in [-0.25, -0.2) is 0 Å². The molecule has 6 nitrogen and oxygen atoms in total. The number of hydrogen-bond acceptors (Lipinski definition) is 6. The molecule has 1 atom stereocenters. The van der Waals surface area contributed by atoms with Gasteiger partial charge in [0.05, 0.1) is 13.7 Å². The van der Waals surface area contributed by atoms with Crippen LogP contribution in [0, 0.1) is 5.92 Å². The molecule has 2 rings (SSSR count). The molecule has 126 valence electrons. The lowest BCUT2D eigenvalue weighted by Gasteiger charge is -2.12. The highest BCUT2D eigenvalue weighted by molar-refractivity contribution is 5.59. The molecule has 0 aliphatic carbocycles. The van der Waals surface area contributed by atoms with E-state index in [1.165, 1.54) is 0 Å². The first-order valence-electron chi connectivity index (χ1n) is 7.84. The van der Waals surface area contributed by atoms with Crippen molar-refractivity contribution < 1.29 is 14.0 Å². The van der Waals surface area contributed by atoms with Crippen LogP contribution in [0.4, 0.5) is 0 Å². The molecule has 0 saturated carbocycles. The summed E-state index contributed by atoms with van der Waals surface area (Å²) >= 11 is 0. The second-order valence-corrected chi connectivity index (χ2v) is 5.98. The van der Waals surface area contributed by atoms with Crippen LogP contribution in [0.1, 0.15) is 26.6 Å². The fourth-order valence-electron chi connectivity index (χ4n) is 2.01. The van der Waals surface area contributed by atoms with Gasteiger partial charge in [0.2, 0.25) is 0 Å². The summed E-state index contributed by atoms with van der Waals surface area (Å²) in [4.78, 5) is 4.43. The monoisotopic (exact) mass is 319 g/mol. The minimum atomic E-state index is 0.293. The Morgan fingerprint density at radius 1 is 1.22 bits per heavy atom. The average Bonchev–Trinajstić information content (AvgIpc) is 3.00. The van der Waals surface area contributed by atoms with Gasteiger partial charge in [0.25, 0.3) is 5.89 Å². The van der Waals surface area contributed by atoms with Gasteiger partial charge in [0.1, 0.15) is 0 Å². The summed E-state index contributed by atoms with van der Waals surface area (Å²) < 4.78 is 16.5. The summed E-state index contributed by atoms with van der Waals surface area (Å²) in [5.74, 6) is 2.99. The maximum absolute atomic E-state index is 5.75. The van der Waals surface area contributed by atoms with Gasteiger partial charge in [-0.15, -0.1) is 0 Å². The van der Waals surface area contributed by atoms with Crippen molar-refractivity contribution in [3.8, 4) is 23.0 Å². The van der Waals surface area contributed by atoms with Crippen molar-refractivity contribution in [3.63, 3.8) is 0 Å². The third-order valence-electron chi connectivity index (χ3n) is 3.43. The van der Waals surface area contributed by atoms with Crippen molar-refractivity contribution in [1.29, 1.82) is 0 Å². The summed E-state index contributed by atoms with van der Waals surface area (Å²) in [5, 5.41) is 7.17. The number of aromatic nitrogens is 2. The van der Waals surface area contributed by atoms with Crippen LogP contribution in [0.3, 0.4) is 0 Å². The summed E-state index contributed by atoms with van der Waals surface area (Å²) in [6.07, 6.45) is 0.715. The van der Waals surface area contributed by atoms with Crippen molar-refractivity contribution in [2.75, 3.05) is 20.8 Å². The number of benzene rings is 1. The molecule has 1 aromatic heterocycles. The molecule has 1 aromatic carbocycles. The Morgan fingerprint density at radius 3 is 2.65 bits per heavy atom. The fourth-order valence-corrected chi connectivity index (χ4v) is 2.01. The van der Waals surface area contributed by atoms with Crippen molar-refractivity contribution in [2.45, 2.75) is 33.2 Å². The van der Waals surface area contributed by atoms with Gasteiger partial charge in [-0.1, -0.05) is 19.0 Å². The summed E-state index contributed by atoms with van der Waals surface area (Å²) in [5.41, 5.74) is 0.814. The smallest absolute Gasteiger partial charge is 0.258 e. The van der Waals surface area contributed by atoms with E-state index in [-0.39, 0.29) is 0 Å². The van der Waals surface area contributed by atoms with Gasteiger partial charge < -0.3 is 19.3 Å². The first-order valence-corrected chi connectivity index (χ1v) is 7.84. The molecule has 0 radical (unpaired) electrons. The largest absolute Gasteiger partial charge is 0.493 e. The molecule has 2 aromatic rings. The van der Waals surface area contributed by atoms with E-state index in [0.717, 1.165) is 5.56 Å². The molecule has 0 bridgehead atoms. The number of rotatable bonds is 8. The predicted octanol–water partition coefficient (Wildman–Crippen LogP) is 2.93. The Hall–Kier alpha value is -2.08. The number of methoxy groups -OCH3 is 1. The zero-order valence-corrected chi connectivity index (χ0v) is 14.4. The van der Waals surface area contributed by atoms with Gasteiger partial charge >= 0.3 is 0 Å². The zero-order chi connectivity index (χ0) is 16.8. The molecule has 1 heterocycles. The highest BCUT2D eigenvalue weighted by Crippen LogP contribution is 2.32. The second-order valence-electron chi connectivity index (χ2n) is 5.98. The van der Waals surface area contributed by atoms with Gasteiger partial charge in [-0.05, 0) is 38.1 Å². The third kappa shape index (κ3) is 4.69. The van der Waals surface area contributed by atoms with Crippen LogP contribution in [0.25, 0.3) is 11.5 Å². The zero-order valence-electron chi connectivity index (χ0n) is 14.4. The van der Waals surface area contributed by atoms with Gasteiger partial charge in [-0.2, -0.15) is 4.98 Å². The first-order chi connectivity index (χ1) is 11.0. The van der Waals surface area contributed by atoms with Gasteiger partial charge in [-0.3, -0.25) is 0 Å². The van der Waals surface area contributed by atoms with E-state index in [1.54, 1.807) is 7.11 Å². The molecule has 1 unspecified atom stereocenters. The lowest BCUT2D eigenvalue weighted by atomic mass is 10.2. The molecule has 0 spiro atoms. The minimum Gasteiger partial charge on any atom is -0.493 e. The van der Waals surface area contributed by atoms with Crippen molar-refractivity contribution in [2.24, 2.45) is 5.92 Å². The lowest BCUT2D eigenvalue weighted by Crippen LogP contribution is -2.24. The second kappa shape index (κ2) is 7.97. The Morgan fingerprint density at radius 2 is 2.00 bits per heavy atom. The van der Waals surface area contributed by atoms with Crippen molar-refractivity contribution in [1.82, 2.24) is 15.5 Å². The van der Waals surface area contributed by atoms with Gasteiger partial charge in [0.15, 0.2) is 17.3 Å². The van der Waals surface area contributed by atoms with Crippen LogP contribution < -0.4 is 14.8 Å². The standard InChI is InChI=1S/C17H25N3O3/c1-11(2)10-22-14-7-6-13(9-15(14)21-5)17-19-16(20-23-17)8-12(3)18-4/h6-7,9,11-12,18H,8,10H2,1-5H3. The van der Waals surface area contributed by atoms with Crippen LogP contribution in [0.2, 0.25) is 0 Å². The third-order valence-corrected chi connectivity index (χ3v) is 3.43. The highest BCUT2D eigenvalue weighted by Gasteiger charge is 2.14. The van der Waals surface area contributed by atoms with E-state index in [4.69, 9.17) is 14.0 Å². The van der Waals surface area contributed by atoms with Crippen LogP contribution in [0.5, 0.6) is 11.5 Å². The van der Waals surface area contributed by atoms with Crippen LogP contribution in [-0.4, -0.2) is 36.9 Å². The molecular weight excluding hydrogens is 294 g/mol. The highest BCUT2D eigenvalue weighted by atomic mass is 16.5. The molecule has 1 N–H and O–H groups in total. The quantitative estimate of drug-likeness (QED) is 0.807. The topological polar surface area (TPSA) is 69.4 Å². The number of likely N-dealkylation sites (N-methyl/N-ethyl adjacent to an activating group) is 1. The number of ether oxygens (including phenoxy) is 2. The van der Waals surface area contributed by atoms with Gasteiger partial charge in [0, 0.05) is 18.0 Å². The maximum atomic E-state index is 5.75. The molecule has 6 heteroatoms. The van der Waals surface area contributed by atoms with E-state index in [2.05, 4.69) is 36.2 Å². The molecular formula is C17H25N3O3. The fraction of sp³-hybridized carbons (Fsp3) is 0.529. The van der Waals surface area contributed by atoms with E-state index < -0.39 is 0 Å². The SMILES string of the molecule is CNC(C)Cc1noc(-c2ccc(OCC(C)C)c(OC)c2)n1. The predicted molar refractivity (Wildman–Crippen MR) is 88.8 cm³/mol. The summed E-state index contributed by atoms with van der Waals surface area (Å²) in [6.45, 7) is 6.92. The molecule has 0 amide bonds. The molecule has 0 fully saturated rings. The van der Waals surface area contributed by atoms with E-state index in [9.17, 15) is 0 Å². The minimum absolute atomic E-state index is 0.293. The molecule has 0 saturated heterocycles. The number of nitrogens with one attached hydrogen (secondary N) is 1. The van der Waals surface area contributed by atoms with E-state index >= 15 is 0 Å². The number of nitrogens with zero attached hydrogens (tertiary/aromatic N) is 2. The van der Waals surface area contributed by atoms with Crippen LogP contribution in [-0.2, 0) is 6.42 Å². The Kier molecular flexibility index (Phi) is 5.98. The van der Waals surface area contributed by atoms with E-state index in [0.29, 0.717) is 48.2 Å². The average molecular weight is 319 g/mol. The Labute approximate surface area is 137 Å². The molecule has 0 aliphatic heterocycles. The van der Waals surface area contributed by atoms with Crippen LogP contribution >= 0.6 is 0 Å². The number of hydrogen-bond donors (Lipinski definition) is 1. The maximum Gasteiger partial charge on any atom is 0.258 e. The lowest BCUT2D eigenvalue weighted by molar-refractivity contribution is 0.257. The summed E-state index contributed by atoms with van der Waals surface area (Å²) in [6, 6.07) is 5.92. The van der Waals surface area contributed by atoms with Crippen molar-refractivity contribution in [3.05, 3.63) is 24.0 Å². The Bertz CT molecular complexity index is 625. The Balaban J connectivity index is 2.17. The van der Waals surface area contributed by atoms with Crippen molar-refractivity contribution >= 4 is 0 Å². The normalized spacial score (nSPS) is 12.4. The molecule has 0 aliphatic rings.